The molecule has 0 spiro atoms. The van der Waals surface area contributed by atoms with E-state index in [0.717, 1.165) is 18.7 Å². The average Bonchev–Trinajstić information content (AvgIpc) is 2.66. The molecule has 5 heteroatoms. The number of hydrogen-bond donors (Lipinski definition) is 1. The molecule has 0 saturated heterocycles. The van der Waals surface area contributed by atoms with E-state index in [-0.39, 0.29) is 17.1 Å². The Labute approximate surface area is 154 Å². The van der Waals surface area contributed by atoms with Crippen LogP contribution in [0.5, 0.6) is 0 Å². The number of hydrogen-bond acceptors (Lipinski definition) is 3. The normalized spacial score (nSPS) is 12.3. The van der Waals surface area contributed by atoms with Gasteiger partial charge in [0, 0.05) is 11.8 Å². The average molecular weight is 353 g/mol. The molecule has 1 unspecified atom stereocenters. The minimum atomic E-state index is -0.248. The van der Waals surface area contributed by atoms with E-state index >= 15 is 0 Å². The molecule has 2 aromatic carbocycles. The van der Waals surface area contributed by atoms with Crippen molar-refractivity contribution in [2.75, 3.05) is 13.1 Å². The van der Waals surface area contributed by atoms with Crippen LogP contribution < -0.4 is 5.32 Å². The minimum Gasteiger partial charge on any atom is -0.297 e. The molecule has 4 nitrogen and oxygen atoms in total. The molecule has 2 aromatic rings. The van der Waals surface area contributed by atoms with Gasteiger partial charge >= 0.3 is 0 Å². The van der Waals surface area contributed by atoms with E-state index in [0.29, 0.717) is 5.56 Å². The molecule has 0 fully saturated rings. The van der Waals surface area contributed by atoms with Gasteiger partial charge in [-0.3, -0.25) is 15.0 Å². The number of thiocarbonyl (C=S) groups is 1. The van der Waals surface area contributed by atoms with E-state index in [4.69, 9.17) is 12.2 Å². The van der Waals surface area contributed by atoms with E-state index in [1.165, 1.54) is 0 Å². The van der Waals surface area contributed by atoms with Gasteiger partial charge in [-0.2, -0.15) is 0 Å². The van der Waals surface area contributed by atoms with Crippen molar-refractivity contribution < 1.29 is 4.79 Å². The Hall–Kier alpha value is -2.37. The van der Waals surface area contributed by atoms with E-state index in [1.807, 2.05) is 36.4 Å². The monoisotopic (exact) mass is 353 g/mol. The van der Waals surface area contributed by atoms with Crippen LogP contribution in [0.3, 0.4) is 0 Å². The zero-order valence-electron chi connectivity index (χ0n) is 14.6. The van der Waals surface area contributed by atoms with Crippen molar-refractivity contribution in [3.05, 3.63) is 71.8 Å². The first-order valence-electron chi connectivity index (χ1n) is 8.39. The largest absolute Gasteiger partial charge is 0.297 e. The lowest BCUT2D eigenvalue weighted by atomic mass is 10.1. The quantitative estimate of drug-likeness (QED) is 0.634. The molecule has 0 aliphatic heterocycles. The standard InChI is InChI=1S/C20H23N3OS/c1-3-23(4-2)18(16-11-7-5-8-12-16)15-21-20(25)22-19(24)17-13-9-6-10-14-17/h5-15,18H,3-4H2,1-2H3,(H,22,24,25). The fraction of sp³-hybridized carbons (Fsp3) is 0.250. The van der Waals surface area contributed by atoms with Crippen LogP contribution in [-0.2, 0) is 0 Å². The maximum atomic E-state index is 12.1. The smallest absolute Gasteiger partial charge is 0.257 e. The summed E-state index contributed by atoms with van der Waals surface area (Å²) >= 11 is 5.21. The third-order valence-corrected chi connectivity index (χ3v) is 4.14. The maximum absolute atomic E-state index is 12.1. The molecule has 0 radical (unpaired) electrons. The number of carbonyl (C=O) groups excluding carboxylic acids is 1. The van der Waals surface area contributed by atoms with Crippen molar-refractivity contribution >= 4 is 29.5 Å². The summed E-state index contributed by atoms with van der Waals surface area (Å²) in [6, 6.07) is 19.1. The molecule has 0 heterocycles. The maximum Gasteiger partial charge on any atom is 0.257 e. The van der Waals surface area contributed by atoms with Crippen molar-refractivity contribution in [3.63, 3.8) is 0 Å². The van der Waals surface area contributed by atoms with E-state index in [1.54, 1.807) is 18.3 Å². The molecule has 25 heavy (non-hydrogen) atoms. The number of aliphatic imine (C=N–C) groups is 1. The van der Waals surface area contributed by atoms with Crippen LogP contribution in [-0.4, -0.2) is 35.2 Å². The van der Waals surface area contributed by atoms with Crippen molar-refractivity contribution in [1.82, 2.24) is 10.2 Å². The van der Waals surface area contributed by atoms with E-state index < -0.39 is 0 Å². The fourth-order valence-electron chi connectivity index (χ4n) is 2.59. The topological polar surface area (TPSA) is 44.7 Å². The highest BCUT2D eigenvalue weighted by Gasteiger charge is 2.16. The molecule has 1 amide bonds. The third-order valence-electron chi connectivity index (χ3n) is 3.94. The highest BCUT2D eigenvalue weighted by atomic mass is 32.1. The Balaban J connectivity index is 2.09. The molecular formula is C20H23N3OS. The van der Waals surface area contributed by atoms with Gasteiger partial charge in [0.05, 0.1) is 6.04 Å². The highest BCUT2D eigenvalue weighted by Crippen LogP contribution is 2.18. The predicted octanol–water partition coefficient (Wildman–Crippen LogP) is 3.86. The SMILES string of the molecule is CCN(CC)C(C=NC(=S)NC(=O)c1ccccc1)c1ccccc1. The molecular weight excluding hydrogens is 330 g/mol. The second-order valence-electron chi connectivity index (χ2n) is 5.48. The Bertz CT molecular complexity index is 712. The predicted molar refractivity (Wildman–Crippen MR) is 107 cm³/mol. The fourth-order valence-corrected chi connectivity index (χ4v) is 2.74. The van der Waals surface area contributed by atoms with Gasteiger partial charge in [0.1, 0.15) is 0 Å². The molecule has 0 saturated carbocycles. The van der Waals surface area contributed by atoms with Crippen molar-refractivity contribution in [2.45, 2.75) is 19.9 Å². The Kier molecular flexibility index (Phi) is 7.44. The molecule has 1 atom stereocenters. The van der Waals surface area contributed by atoms with Gasteiger partial charge in [-0.15, -0.1) is 0 Å². The second kappa shape index (κ2) is 9.81. The highest BCUT2D eigenvalue weighted by molar-refractivity contribution is 7.80. The summed E-state index contributed by atoms with van der Waals surface area (Å²) in [5, 5.41) is 2.82. The van der Waals surface area contributed by atoms with Crippen molar-refractivity contribution in [1.29, 1.82) is 0 Å². The summed E-state index contributed by atoms with van der Waals surface area (Å²) in [4.78, 5) is 18.7. The lowest BCUT2D eigenvalue weighted by Crippen LogP contribution is -2.31. The number of nitrogens with zero attached hydrogens (tertiary/aromatic N) is 2. The van der Waals surface area contributed by atoms with Crippen LogP contribution in [0.2, 0.25) is 0 Å². The molecule has 0 aromatic heterocycles. The van der Waals surface area contributed by atoms with Crippen LogP contribution >= 0.6 is 12.2 Å². The molecule has 2 rings (SSSR count). The number of benzene rings is 2. The lowest BCUT2D eigenvalue weighted by Gasteiger charge is -2.26. The number of amides is 1. The van der Waals surface area contributed by atoms with Crippen LogP contribution in [0.4, 0.5) is 0 Å². The van der Waals surface area contributed by atoms with Gasteiger partial charge in [0.2, 0.25) is 0 Å². The summed E-state index contributed by atoms with van der Waals surface area (Å²) in [6.07, 6.45) is 1.80. The summed E-state index contributed by atoms with van der Waals surface area (Å²) in [7, 11) is 0. The first-order valence-corrected chi connectivity index (χ1v) is 8.80. The van der Waals surface area contributed by atoms with Gasteiger partial charge in [-0.25, -0.2) is 4.99 Å². The number of nitrogens with one attached hydrogen (secondary N) is 1. The zero-order chi connectivity index (χ0) is 18.1. The lowest BCUT2D eigenvalue weighted by molar-refractivity contribution is 0.0977. The third kappa shape index (κ3) is 5.59. The van der Waals surface area contributed by atoms with E-state index in [9.17, 15) is 4.79 Å². The van der Waals surface area contributed by atoms with E-state index in [2.05, 4.69) is 41.2 Å². The molecule has 130 valence electrons. The van der Waals surface area contributed by atoms with Gasteiger partial charge in [0.15, 0.2) is 5.11 Å². The minimum absolute atomic E-state index is 0.0165. The van der Waals surface area contributed by atoms with Crippen LogP contribution in [0.1, 0.15) is 35.8 Å². The Morgan fingerprint density at radius 1 is 1.08 bits per heavy atom. The zero-order valence-corrected chi connectivity index (χ0v) is 15.4. The van der Waals surface area contributed by atoms with Gasteiger partial charge in [-0.05, 0) is 43.0 Å². The van der Waals surface area contributed by atoms with Crippen LogP contribution in [0.25, 0.3) is 0 Å². The van der Waals surface area contributed by atoms with Gasteiger partial charge in [0.25, 0.3) is 5.91 Å². The van der Waals surface area contributed by atoms with Crippen molar-refractivity contribution in [2.24, 2.45) is 4.99 Å². The number of carbonyl (C=O) groups is 1. The molecule has 0 aliphatic rings. The first kappa shape index (κ1) is 19.0. The first-order chi connectivity index (χ1) is 12.2. The number of rotatable bonds is 6. The second-order valence-corrected chi connectivity index (χ2v) is 5.87. The summed E-state index contributed by atoms with van der Waals surface area (Å²) in [6.45, 7) is 6.02. The Morgan fingerprint density at radius 2 is 1.64 bits per heavy atom. The van der Waals surface area contributed by atoms with Crippen LogP contribution in [0.15, 0.2) is 65.7 Å². The van der Waals surface area contributed by atoms with Crippen molar-refractivity contribution in [3.8, 4) is 0 Å². The van der Waals surface area contributed by atoms with Gasteiger partial charge < -0.3 is 0 Å². The molecule has 1 N–H and O–H groups in total. The molecule has 0 aliphatic carbocycles. The summed E-state index contributed by atoms with van der Waals surface area (Å²) in [5.74, 6) is -0.248. The summed E-state index contributed by atoms with van der Waals surface area (Å²) < 4.78 is 0. The van der Waals surface area contributed by atoms with Crippen LogP contribution in [0, 0.1) is 0 Å². The summed E-state index contributed by atoms with van der Waals surface area (Å²) in [5.41, 5.74) is 1.70. The Morgan fingerprint density at radius 3 is 2.20 bits per heavy atom. The van der Waals surface area contributed by atoms with Gasteiger partial charge in [-0.1, -0.05) is 62.4 Å². The molecule has 0 bridgehead atoms.